The summed E-state index contributed by atoms with van der Waals surface area (Å²) in [6, 6.07) is 31.1. The monoisotopic (exact) mass is 667 g/mol. The standard InChI is InChI=1S/C35H33N5O5S2/c1-24-9-19-33(20-10-24)47(44,45)38-34(27-7-5-4-6-8-27)22-35(41)37-36-23-28-21-25(2)39(26(28)3)29-11-15-31(16-12-29)46-32-17-13-30(14-18-32)40(42)43/h4-21,23,34,38H,22H2,1-3H3,(H,37,41)/b36-23-/t34-/m0/s1. The number of hydrazone groups is 1. The fourth-order valence-corrected chi connectivity index (χ4v) is 7.08. The van der Waals surface area contributed by atoms with Crippen molar-refractivity contribution < 1.29 is 18.1 Å². The zero-order valence-corrected chi connectivity index (χ0v) is 27.6. The summed E-state index contributed by atoms with van der Waals surface area (Å²) < 4.78 is 31.0. The second-order valence-corrected chi connectivity index (χ2v) is 13.8. The number of rotatable bonds is 12. The highest BCUT2D eigenvalue weighted by Crippen LogP contribution is 2.30. The molecule has 0 radical (unpaired) electrons. The number of aryl methyl sites for hydroxylation is 2. The van der Waals surface area contributed by atoms with Crippen LogP contribution in [-0.4, -0.2) is 30.0 Å². The minimum Gasteiger partial charge on any atom is -0.318 e. The molecule has 0 spiro atoms. The van der Waals surface area contributed by atoms with Gasteiger partial charge in [-0.05, 0) is 80.9 Å². The molecule has 0 aliphatic heterocycles. The highest BCUT2D eigenvalue weighted by molar-refractivity contribution is 7.99. The van der Waals surface area contributed by atoms with Gasteiger partial charge in [-0.25, -0.2) is 18.6 Å². The normalized spacial score (nSPS) is 12.2. The van der Waals surface area contributed by atoms with Crippen LogP contribution in [0.3, 0.4) is 0 Å². The van der Waals surface area contributed by atoms with E-state index in [1.807, 2.05) is 57.2 Å². The zero-order valence-electron chi connectivity index (χ0n) is 26.0. The van der Waals surface area contributed by atoms with Gasteiger partial charge in [-0.1, -0.05) is 59.8 Å². The fourth-order valence-electron chi connectivity index (χ4n) is 5.04. The first-order valence-corrected chi connectivity index (χ1v) is 17.0. The molecule has 47 heavy (non-hydrogen) atoms. The molecular weight excluding hydrogens is 635 g/mol. The smallest absolute Gasteiger partial charge is 0.269 e. The predicted molar refractivity (Wildman–Crippen MR) is 183 cm³/mol. The number of sulfonamides is 1. The Balaban J connectivity index is 1.25. The number of nitrogens with zero attached hydrogens (tertiary/aromatic N) is 3. The molecule has 1 aromatic heterocycles. The summed E-state index contributed by atoms with van der Waals surface area (Å²) in [4.78, 5) is 25.5. The van der Waals surface area contributed by atoms with Gasteiger partial charge in [0.2, 0.25) is 15.9 Å². The summed E-state index contributed by atoms with van der Waals surface area (Å²) in [6.07, 6.45) is 1.42. The first-order valence-electron chi connectivity index (χ1n) is 14.7. The summed E-state index contributed by atoms with van der Waals surface area (Å²) in [6.45, 7) is 5.82. The molecule has 0 unspecified atom stereocenters. The molecule has 1 heterocycles. The number of aromatic nitrogens is 1. The van der Waals surface area contributed by atoms with E-state index >= 15 is 0 Å². The van der Waals surface area contributed by atoms with E-state index in [0.717, 1.165) is 38.0 Å². The maximum atomic E-state index is 13.1. The van der Waals surface area contributed by atoms with E-state index in [1.165, 1.54) is 36.0 Å². The lowest BCUT2D eigenvalue weighted by molar-refractivity contribution is -0.384. The zero-order chi connectivity index (χ0) is 33.6. The lowest BCUT2D eigenvalue weighted by Gasteiger charge is -2.18. The number of nitro benzene ring substituents is 1. The molecule has 0 aliphatic rings. The van der Waals surface area contributed by atoms with Crippen molar-refractivity contribution in [3.63, 3.8) is 0 Å². The van der Waals surface area contributed by atoms with Crippen LogP contribution in [0.15, 0.2) is 129 Å². The fraction of sp³-hybridized carbons (Fsp3) is 0.143. The van der Waals surface area contributed by atoms with Gasteiger partial charge in [0, 0.05) is 51.0 Å². The maximum Gasteiger partial charge on any atom is 0.269 e. The summed E-state index contributed by atoms with van der Waals surface area (Å²) in [5, 5.41) is 15.1. The number of nitro groups is 1. The lowest BCUT2D eigenvalue weighted by Crippen LogP contribution is -2.32. The van der Waals surface area contributed by atoms with Crippen molar-refractivity contribution >= 4 is 39.6 Å². The average Bonchev–Trinajstić information content (AvgIpc) is 3.34. The number of nitrogens with one attached hydrogen (secondary N) is 2. The molecule has 0 bridgehead atoms. The van der Waals surface area contributed by atoms with Gasteiger partial charge >= 0.3 is 0 Å². The van der Waals surface area contributed by atoms with Crippen LogP contribution in [0.25, 0.3) is 5.69 Å². The molecule has 5 rings (SSSR count). The summed E-state index contributed by atoms with van der Waals surface area (Å²) in [5.41, 5.74) is 7.85. The third kappa shape index (κ3) is 8.41. The van der Waals surface area contributed by atoms with Crippen molar-refractivity contribution in [3.05, 3.63) is 147 Å². The topological polar surface area (TPSA) is 136 Å². The molecule has 5 aromatic rings. The second kappa shape index (κ2) is 14.6. The molecule has 0 fully saturated rings. The number of carbonyl (C=O) groups is 1. The Morgan fingerprint density at radius 3 is 2.15 bits per heavy atom. The molecule has 1 atom stereocenters. The van der Waals surface area contributed by atoms with Crippen molar-refractivity contribution in [2.24, 2.45) is 5.10 Å². The van der Waals surface area contributed by atoms with Crippen LogP contribution in [0.2, 0.25) is 0 Å². The van der Waals surface area contributed by atoms with Gasteiger partial charge in [-0.15, -0.1) is 0 Å². The number of carbonyl (C=O) groups excluding carboxylic acids is 1. The number of hydrogen-bond acceptors (Lipinski definition) is 7. The Hall–Kier alpha value is -5.04. The molecule has 2 N–H and O–H groups in total. The number of amides is 1. The maximum absolute atomic E-state index is 13.1. The summed E-state index contributed by atoms with van der Waals surface area (Å²) >= 11 is 1.51. The lowest BCUT2D eigenvalue weighted by atomic mass is 10.0. The van der Waals surface area contributed by atoms with Crippen LogP contribution in [0.1, 0.15) is 40.5 Å². The van der Waals surface area contributed by atoms with E-state index in [1.54, 1.807) is 54.7 Å². The van der Waals surface area contributed by atoms with Gasteiger partial charge in [0.05, 0.1) is 22.1 Å². The van der Waals surface area contributed by atoms with Crippen molar-refractivity contribution in [1.82, 2.24) is 14.7 Å². The Morgan fingerprint density at radius 1 is 0.915 bits per heavy atom. The first-order chi connectivity index (χ1) is 22.5. The molecule has 0 saturated carbocycles. The quantitative estimate of drug-likeness (QED) is 0.0834. The Kier molecular flexibility index (Phi) is 10.3. The molecule has 0 aliphatic carbocycles. The number of benzene rings is 4. The molecule has 240 valence electrons. The van der Waals surface area contributed by atoms with Crippen molar-refractivity contribution in [2.45, 2.75) is 47.9 Å². The molecular formula is C35H33N5O5S2. The third-order valence-electron chi connectivity index (χ3n) is 7.46. The average molecular weight is 668 g/mol. The van der Waals surface area contributed by atoms with E-state index < -0.39 is 26.9 Å². The second-order valence-electron chi connectivity index (χ2n) is 10.9. The van der Waals surface area contributed by atoms with E-state index in [4.69, 9.17) is 0 Å². The predicted octanol–water partition coefficient (Wildman–Crippen LogP) is 7.02. The van der Waals surface area contributed by atoms with Gasteiger partial charge in [0.25, 0.3) is 5.69 Å². The van der Waals surface area contributed by atoms with Crippen LogP contribution >= 0.6 is 11.8 Å². The SMILES string of the molecule is Cc1ccc(S(=O)(=O)N[C@@H](CC(=O)N/N=C\c2cc(C)n(-c3ccc(Sc4ccc([N+](=O)[O-])cc4)cc3)c2C)c2ccccc2)cc1. The van der Waals surface area contributed by atoms with Crippen LogP contribution in [0, 0.1) is 30.9 Å². The van der Waals surface area contributed by atoms with E-state index in [2.05, 4.69) is 19.8 Å². The van der Waals surface area contributed by atoms with Gasteiger partial charge in [0.1, 0.15) is 0 Å². The minimum absolute atomic E-state index is 0.0555. The van der Waals surface area contributed by atoms with Gasteiger partial charge < -0.3 is 4.57 Å². The van der Waals surface area contributed by atoms with Crippen LogP contribution in [-0.2, 0) is 14.8 Å². The highest BCUT2D eigenvalue weighted by Gasteiger charge is 2.24. The van der Waals surface area contributed by atoms with Crippen LogP contribution < -0.4 is 10.1 Å². The summed E-state index contributed by atoms with van der Waals surface area (Å²) in [5.74, 6) is -0.448. The molecule has 0 saturated heterocycles. The number of hydrogen-bond donors (Lipinski definition) is 2. The first kappa shape index (κ1) is 33.3. The summed E-state index contributed by atoms with van der Waals surface area (Å²) in [7, 11) is -3.89. The minimum atomic E-state index is -3.89. The number of non-ortho nitro benzene ring substituents is 1. The molecule has 10 nitrogen and oxygen atoms in total. The molecule has 1 amide bonds. The Labute approximate surface area is 277 Å². The van der Waals surface area contributed by atoms with Gasteiger partial charge in [-0.2, -0.15) is 5.10 Å². The van der Waals surface area contributed by atoms with Crippen molar-refractivity contribution in [2.75, 3.05) is 0 Å². The highest BCUT2D eigenvalue weighted by atomic mass is 32.2. The Morgan fingerprint density at radius 2 is 1.53 bits per heavy atom. The van der Waals surface area contributed by atoms with Crippen molar-refractivity contribution in [3.8, 4) is 5.69 Å². The Bertz CT molecular complexity index is 2010. The van der Waals surface area contributed by atoms with E-state index in [-0.39, 0.29) is 17.0 Å². The largest absolute Gasteiger partial charge is 0.318 e. The molecule has 4 aromatic carbocycles. The van der Waals surface area contributed by atoms with Gasteiger partial charge in [0.15, 0.2) is 0 Å². The van der Waals surface area contributed by atoms with Crippen molar-refractivity contribution in [1.29, 1.82) is 0 Å². The third-order valence-corrected chi connectivity index (χ3v) is 9.96. The van der Waals surface area contributed by atoms with E-state index in [0.29, 0.717) is 5.56 Å². The van der Waals surface area contributed by atoms with Crippen LogP contribution in [0.4, 0.5) is 5.69 Å². The van der Waals surface area contributed by atoms with E-state index in [9.17, 15) is 23.3 Å². The van der Waals surface area contributed by atoms with Gasteiger partial charge in [-0.3, -0.25) is 14.9 Å². The van der Waals surface area contributed by atoms with Crippen LogP contribution in [0.5, 0.6) is 0 Å². The molecule has 12 heteroatoms.